The number of hydrogen-bond donors (Lipinski definition) is 2. The van der Waals surface area contributed by atoms with E-state index < -0.39 is 10.8 Å². The summed E-state index contributed by atoms with van der Waals surface area (Å²) in [4.78, 5) is 15.4. The van der Waals surface area contributed by atoms with Crippen molar-refractivity contribution in [2.24, 2.45) is 11.8 Å². The summed E-state index contributed by atoms with van der Waals surface area (Å²) in [5.74, 6) is 2.52. The Morgan fingerprint density at radius 1 is 1.09 bits per heavy atom. The van der Waals surface area contributed by atoms with Gasteiger partial charge in [-0.2, -0.15) is 4.98 Å². The first-order valence-corrected chi connectivity index (χ1v) is 13.8. The zero-order chi connectivity index (χ0) is 23.7. The molecule has 3 atom stereocenters. The lowest BCUT2D eigenvalue weighted by Crippen LogP contribution is -2.48. The van der Waals surface area contributed by atoms with Gasteiger partial charge in [0.05, 0.1) is 33.4 Å². The number of fused-ring (bicyclic) bond motifs is 2. The molecule has 0 radical (unpaired) electrons. The fraction of sp³-hybridized carbons (Fsp3) is 0.600. The fourth-order valence-corrected chi connectivity index (χ4v) is 7.52. The van der Waals surface area contributed by atoms with Gasteiger partial charge in [-0.05, 0) is 57.4 Å². The summed E-state index contributed by atoms with van der Waals surface area (Å²) in [6.07, 6.45) is 3.57. The van der Waals surface area contributed by atoms with E-state index in [0.717, 1.165) is 67.0 Å². The molecule has 2 aromatic rings. The molecule has 2 unspecified atom stereocenters. The van der Waals surface area contributed by atoms with Gasteiger partial charge in [0.15, 0.2) is 0 Å². The average Bonchev–Trinajstić information content (AvgIpc) is 3.41. The second-order valence-electron chi connectivity index (χ2n) is 11.1. The van der Waals surface area contributed by atoms with Gasteiger partial charge in [0.25, 0.3) is 0 Å². The molecule has 7 nitrogen and oxygen atoms in total. The van der Waals surface area contributed by atoms with Crippen LogP contribution in [0.5, 0.6) is 0 Å². The third-order valence-corrected chi connectivity index (χ3v) is 10.4. The van der Waals surface area contributed by atoms with E-state index in [4.69, 9.17) is 21.6 Å². The molecule has 34 heavy (non-hydrogen) atoms. The van der Waals surface area contributed by atoms with Crippen molar-refractivity contribution in [1.29, 1.82) is 0 Å². The van der Waals surface area contributed by atoms with E-state index in [0.29, 0.717) is 24.1 Å². The van der Waals surface area contributed by atoms with Crippen LogP contribution in [0.2, 0.25) is 5.02 Å². The quantitative estimate of drug-likeness (QED) is 0.649. The van der Waals surface area contributed by atoms with Crippen molar-refractivity contribution >= 4 is 39.9 Å². The molecule has 1 aromatic heterocycles. The number of aliphatic hydroxyl groups excluding tert-OH is 1. The van der Waals surface area contributed by atoms with Gasteiger partial charge in [-0.15, -0.1) is 0 Å². The highest BCUT2D eigenvalue weighted by Crippen LogP contribution is 2.43. The molecule has 1 saturated carbocycles. The lowest BCUT2D eigenvalue weighted by atomic mass is 9.77. The SMILES string of the molecule is CC1(C)Cc2nc(N3CC4CN(c5ccc(Cl)cc5)CC4C3)nc(NC3(CO)CCC3)c2[S@@]1=O. The maximum absolute atomic E-state index is 13.3. The molecular weight excluding hydrogens is 470 g/mol. The Balaban J connectivity index is 1.25. The Hall–Kier alpha value is -1.90. The van der Waals surface area contributed by atoms with Gasteiger partial charge in [0.2, 0.25) is 5.95 Å². The van der Waals surface area contributed by atoms with Crippen molar-refractivity contribution < 1.29 is 9.32 Å². The summed E-state index contributed by atoms with van der Waals surface area (Å²) in [5, 5.41) is 14.3. The second-order valence-corrected chi connectivity index (χ2v) is 13.6. The van der Waals surface area contributed by atoms with Crippen LogP contribution < -0.4 is 15.1 Å². The van der Waals surface area contributed by atoms with Crippen molar-refractivity contribution in [3.05, 3.63) is 35.0 Å². The predicted octanol–water partition coefficient (Wildman–Crippen LogP) is 3.47. The van der Waals surface area contributed by atoms with E-state index in [1.807, 2.05) is 26.0 Å². The van der Waals surface area contributed by atoms with Crippen LogP contribution in [0.25, 0.3) is 0 Å². The molecule has 2 saturated heterocycles. The maximum atomic E-state index is 13.3. The first-order chi connectivity index (χ1) is 16.3. The van der Waals surface area contributed by atoms with Gasteiger partial charge in [0, 0.05) is 55.1 Å². The van der Waals surface area contributed by atoms with Crippen molar-refractivity contribution in [2.75, 3.05) is 47.9 Å². The first-order valence-electron chi connectivity index (χ1n) is 12.2. The largest absolute Gasteiger partial charge is 0.394 e. The van der Waals surface area contributed by atoms with Crippen LogP contribution >= 0.6 is 11.6 Å². The van der Waals surface area contributed by atoms with Crippen molar-refractivity contribution in [1.82, 2.24) is 9.97 Å². The molecule has 6 rings (SSSR count). The van der Waals surface area contributed by atoms with Crippen molar-refractivity contribution in [2.45, 2.75) is 54.7 Å². The smallest absolute Gasteiger partial charge is 0.227 e. The molecule has 1 aromatic carbocycles. The summed E-state index contributed by atoms with van der Waals surface area (Å²) < 4.78 is 12.9. The molecule has 3 fully saturated rings. The highest BCUT2D eigenvalue weighted by molar-refractivity contribution is 7.87. The van der Waals surface area contributed by atoms with E-state index in [9.17, 15) is 9.32 Å². The van der Waals surface area contributed by atoms with Gasteiger partial charge in [-0.25, -0.2) is 4.98 Å². The van der Waals surface area contributed by atoms with Crippen LogP contribution in [0.15, 0.2) is 29.2 Å². The molecule has 1 aliphatic carbocycles. The number of anilines is 3. The number of rotatable bonds is 5. The van der Waals surface area contributed by atoms with Crippen molar-refractivity contribution in [3.8, 4) is 0 Å². The maximum Gasteiger partial charge on any atom is 0.227 e. The van der Waals surface area contributed by atoms with Gasteiger partial charge in [0.1, 0.15) is 10.7 Å². The minimum absolute atomic E-state index is 0.0610. The third kappa shape index (κ3) is 3.69. The highest BCUT2D eigenvalue weighted by Gasteiger charge is 2.45. The number of aromatic nitrogens is 2. The number of nitrogens with one attached hydrogen (secondary N) is 1. The standard InChI is InChI=1S/C25H32ClN5O2S/c1-24(2)10-20-21(34(24)33)22(29-25(15-32)8-3-9-25)28-23(27-20)31-13-16-11-30(12-17(16)14-31)19-6-4-18(26)5-7-19/h4-7,16-17,32H,3,8-15H2,1-2H3,(H,27,28,29)/t16?,17?,34-/m0/s1. The normalized spacial score (nSPS) is 28.5. The van der Waals surface area contributed by atoms with Crippen LogP contribution in [0.1, 0.15) is 38.8 Å². The number of aliphatic hydroxyl groups is 1. The zero-order valence-electron chi connectivity index (χ0n) is 19.8. The summed E-state index contributed by atoms with van der Waals surface area (Å²) in [6, 6.07) is 8.11. The number of nitrogens with zero attached hydrogens (tertiary/aromatic N) is 4. The van der Waals surface area contributed by atoms with E-state index >= 15 is 0 Å². The molecule has 2 N–H and O–H groups in total. The predicted molar refractivity (Wildman–Crippen MR) is 136 cm³/mol. The van der Waals surface area contributed by atoms with Gasteiger partial charge < -0.3 is 20.2 Å². The summed E-state index contributed by atoms with van der Waals surface area (Å²) >= 11 is 6.07. The molecule has 9 heteroatoms. The average molecular weight is 502 g/mol. The van der Waals surface area contributed by atoms with E-state index in [2.05, 4.69) is 27.2 Å². The Labute approximate surface area is 208 Å². The molecule has 4 heterocycles. The minimum atomic E-state index is -1.18. The summed E-state index contributed by atoms with van der Waals surface area (Å²) in [5.41, 5.74) is 1.77. The van der Waals surface area contributed by atoms with Gasteiger partial charge >= 0.3 is 0 Å². The summed E-state index contributed by atoms with van der Waals surface area (Å²) in [7, 11) is -1.18. The van der Waals surface area contributed by atoms with Crippen LogP contribution in [0.4, 0.5) is 17.5 Å². The lowest BCUT2D eigenvalue weighted by Gasteiger charge is -2.41. The highest BCUT2D eigenvalue weighted by atomic mass is 35.5. The molecule has 182 valence electrons. The molecule has 0 amide bonds. The first kappa shape index (κ1) is 22.6. The third-order valence-electron chi connectivity index (χ3n) is 8.16. The van der Waals surface area contributed by atoms with Gasteiger partial charge in [-0.1, -0.05) is 11.6 Å². The zero-order valence-corrected chi connectivity index (χ0v) is 21.3. The van der Waals surface area contributed by atoms with Crippen LogP contribution in [0, 0.1) is 11.8 Å². The molecule has 0 bridgehead atoms. The number of halogens is 1. The molecule has 0 spiro atoms. The van der Waals surface area contributed by atoms with Crippen LogP contribution in [-0.4, -0.2) is 62.4 Å². The Morgan fingerprint density at radius 2 is 1.74 bits per heavy atom. The number of hydrogen-bond acceptors (Lipinski definition) is 7. The number of benzene rings is 1. The lowest BCUT2D eigenvalue weighted by molar-refractivity contribution is 0.143. The van der Waals surface area contributed by atoms with Crippen LogP contribution in [0.3, 0.4) is 0 Å². The fourth-order valence-electron chi connectivity index (χ4n) is 5.97. The minimum Gasteiger partial charge on any atom is -0.394 e. The van der Waals surface area contributed by atoms with Crippen LogP contribution in [-0.2, 0) is 17.2 Å². The molecular formula is C25H32ClN5O2S. The van der Waals surface area contributed by atoms with E-state index in [1.165, 1.54) is 5.69 Å². The topological polar surface area (TPSA) is 81.6 Å². The second kappa shape index (κ2) is 8.07. The van der Waals surface area contributed by atoms with Crippen molar-refractivity contribution in [3.63, 3.8) is 0 Å². The van der Waals surface area contributed by atoms with Gasteiger partial charge in [-0.3, -0.25) is 4.21 Å². The monoisotopic (exact) mass is 501 g/mol. The Morgan fingerprint density at radius 3 is 2.32 bits per heavy atom. The molecule has 4 aliphatic rings. The van der Waals surface area contributed by atoms with E-state index in [1.54, 1.807) is 0 Å². The van der Waals surface area contributed by atoms with E-state index in [-0.39, 0.29) is 16.9 Å². The Bertz CT molecular complexity index is 1120. The Kier molecular flexibility index (Phi) is 5.35. The summed E-state index contributed by atoms with van der Waals surface area (Å²) in [6.45, 7) is 8.00. The molecule has 3 aliphatic heterocycles.